The van der Waals surface area contributed by atoms with Gasteiger partial charge in [0.05, 0.1) is 0 Å². The van der Waals surface area contributed by atoms with Gasteiger partial charge in [0.2, 0.25) is 9.84 Å². The highest BCUT2D eigenvalue weighted by Gasteiger charge is 2.29. The van der Waals surface area contributed by atoms with Gasteiger partial charge in [0.1, 0.15) is 6.10 Å². The molecule has 0 aliphatic carbocycles. The van der Waals surface area contributed by atoms with Crippen LogP contribution in [0.5, 0.6) is 0 Å². The first-order valence-electron chi connectivity index (χ1n) is 7.46. The summed E-state index contributed by atoms with van der Waals surface area (Å²) in [6.07, 6.45) is 3.34. The molecule has 0 aromatic carbocycles. The molecule has 0 radical (unpaired) electrons. The summed E-state index contributed by atoms with van der Waals surface area (Å²) >= 11 is 0. The van der Waals surface area contributed by atoms with Crippen molar-refractivity contribution in [2.45, 2.75) is 44.4 Å². The van der Waals surface area contributed by atoms with Crippen molar-refractivity contribution in [1.29, 1.82) is 0 Å². The van der Waals surface area contributed by atoms with Crippen molar-refractivity contribution in [3.63, 3.8) is 0 Å². The molecule has 22 heavy (non-hydrogen) atoms. The first-order valence-corrected chi connectivity index (χ1v) is 9.35. The second-order valence-corrected chi connectivity index (χ2v) is 7.16. The van der Waals surface area contributed by atoms with Crippen molar-refractivity contribution in [3.05, 3.63) is 5.82 Å². The molecule has 1 amide bonds. The maximum atomic E-state index is 12.5. The fraction of sp³-hybridized carbons (Fsp3) is 0.769. The lowest BCUT2D eigenvalue weighted by molar-refractivity contribution is 0.00939. The molecule has 9 heteroatoms. The van der Waals surface area contributed by atoms with Gasteiger partial charge in [0.15, 0.2) is 5.82 Å². The highest BCUT2D eigenvalue weighted by atomic mass is 32.2. The van der Waals surface area contributed by atoms with Crippen molar-refractivity contribution >= 4 is 15.9 Å². The van der Waals surface area contributed by atoms with Gasteiger partial charge in [0.25, 0.3) is 5.16 Å². The van der Waals surface area contributed by atoms with Crippen LogP contribution >= 0.6 is 0 Å². The molecule has 0 bridgehead atoms. The number of carbonyl (C=O) groups is 1. The Morgan fingerprint density at radius 3 is 2.55 bits per heavy atom. The quantitative estimate of drug-likeness (QED) is 0.824. The maximum absolute atomic E-state index is 12.5. The van der Waals surface area contributed by atoms with Crippen LogP contribution in [-0.4, -0.2) is 60.1 Å². The summed E-state index contributed by atoms with van der Waals surface area (Å²) in [5, 5.41) is 3.80. The molecule has 1 unspecified atom stereocenters. The maximum Gasteiger partial charge on any atom is 0.347 e. The minimum Gasteiger partial charge on any atom is -0.370 e. The monoisotopic (exact) mass is 330 g/mol. The fourth-order valence-electron chi connectivity index (χ4n) is 2.39. The molecule has 1 aliphatic rings. The normalized spacial score (nSPS) is 19.1. The Morgan fingerprint density at radius 1 is 1.36 bits per heavy atom. The van der Waals surface area contributed by atoms with Crippen LogP contribution < -0.4 is 0 Å². The van der Waals surface area contributed by atoms with Crippen molar-refractivity contribution < 1.29 is 17.9 Å². The molecule has 0 spiro atoms. The molecule has 2 heterocycles. The SMILES string of the molecule is CCN(CC)C(=O)n1nc(C2CCCCO2)nc1S(C)(=O)=O. The van der Waals surface area contributed by atoms with Gasteiger partial charge in [-0.2, -0.15) is 9.67 Å². The van der Waals surface area contributed by atoms with E-state index >= 15 is 0 Å². The summed E-state index contributed by atoms with van der Waals surface area (Å²) < 4.78 is 30.3. The Balaban J connectivity index is 2.42. The second-order valence-electron chi connectivity index (χ2n) is 5.25. The highest BCUT2D eigenvalue weighted by molar-refractivity contribution is 7.90. The summed E-state index contributed by atoms with van der Waals surface area (Å²) in [5.74, 6) is 0.264. The Hall–Kier alpha value is -1.48. The number of ether oxygens (including phenoxy) is 1. The molecular formula is C13H22N4O4S. The Morgan fingerprint density at radius 2 is 2.05 bits per heavy atom. The highest BCUT2D eigenvalue weighted by Crippen LogP contribution is 2.26. The third-order valence-electron chi connectivity index (χ3n) is 3.61. The van der Waals surface area contributed by atoms with Crippen LogP contribution in [-0.2, 0) is 14.6 Å². The van der Waals surface area contributed by atoms with Crippen LogP contribution in [0.3, 0.4) is 0 Å². The third kappa shape index (κ3) is 3.46. The summed E-state index contributed by atoms with van der Waals surface area (Å²) in [6, 6.07) is -0.486. The van der Waals surface area contributed by atoms with E-state index in [0.29, 0.717) is 19.7 Å². The minimum absolute atomic E-state index is 0.264. The van der Waals surface area contributed by atoms with Gasteiger partial charge in [-0.05, 0) is 33.1 Å². The van der Waals surface area contributed by atoms with E-state index in [-0.39, 0.29) is 17.1 Å². The number of hydrogen-bond donors (Lipinski definition) is 0. The van der Waals surface area contributed by atoms with E-state index in [0.717, 1.165) is 30.2 Å². The Labute approximate surface area is 130 Å². The largest absolute Gasteiger partial charge is 0.370 e. The zero-order chi connectivity index (χ0) is 16.3. The molecule has 1 aliphatic heterocycles. The van der Waals surface area contributed by atoms with E-state index in [9.17, 15) is 13.2 Å². The lowest BCUT2D eigenvalue weighted by Gasteiger charge is -2.20. The predicted molar refractivity (Wildman–Crippen MR) is 79.4 cm³/mol. The Bertz CT molecular complexity index is 630. The number of hydrogen-bond acceptors (Lipinski definition) is 6. The zero-order valence-electron chi connectivity index (χ0n) is 13.2. The minimum atomic E-state index is -3.66. The Kier molecular flexibility index (Phi) is 5.17. The van der Waals surface area contributed by atoms with Gasteiger partial charge < -0.3 is 9.64 Å². The van der Waals surface area contributed by atoms with Gasteiger partial charge in [0, 0.05) is 26.0 Å². The number of nitrogens with zero attached hydrogens (tertiary/aromatic N) is 4. The standard InChI is InChI=1S/C13H22N4O4S/c1-4-16(5-2)13(18)17-12(22(3,19)20)14-11(15-17)10-8-6-7-9-21-10/h10H,4-9H2,1-3H3. The number of carbonyl (C=O) groups excluding carboxylic acids is 1. The number of aromatic nitrogens is 3. The average Bonchev–Trinajstić information content (AvgIpc) is 2.94. The molecule has 1 aromatic rings. The van der Waals surface area contributed by atoms with Crippen LogP contribution in [0.4, 0.5) is 4.79 Å². The summed E-state index contributed by atoms with van der Waals surface area (Å²) in [6.45, 7) is 5.17. The summed E-state index contributed by atoms with van der Waals surface area (Å²) in [4.78, 5) is 18.0. The van der Waals surface area contributed by atoms with Gasteiger partial charge in [-0.3, -0.25) is 0 Å². The second kappa shape index (κ2) is 6.74. The van der Waals surface area contributed by atoms with Crippen molar-refractivity contribution in [3.8, 4) is 0 Å². The van der Waals surface area contributed by atoms with Crippen molar-refractivity contribution in [2.24, 2.45) is 0 Å². The van der Waals surface area contributed by atoms with E-state index in [1.54, 1.807) is 0 Å². The molecule has 1 aromatic heterocycles. The molecule has 1 saturated heterocycles. The number of amides is 1. The van der Waals surface area contributed by atoms with E-state index in [4.69, 9.17) is 4.74 Å². The van der Waals surface area contributed by atoms with Crippen LogP contribution in [0.1, 0.15) is 45.0 Å². The van der Waals surface area contributed by atoms with E-state index in [2.05, 4.69) is 10.1 Å². The van der Waals surface area contributed by atoms with Gasteiger partial charge in [-0.15, -0.1) is 5.10 Å². The van der Waals surface area contributed by atoms with Gasteiger partial charge in [-0.1, -0.05) is 0 Å². The van der Waals surface area contributed by atoms with Gasteiger partial charge >= 0.3 is 6.03 Å². The van der Waals surface area contributed by atoms with Crippen LogP contribution in [0.25, 0.3) is 0 Å². The molecule has 124 valence electrons. The van der Waals surface area contributed by atoms with E-state index in [1.165, 1.54) is 4.90 Å². The number of sulfone groups is 1. The van der Waals surface area contributed by atoms with E-state index < -0.39 is 15.9 Å². The van der Waals surface area contributed by atoms with Crippen molar-refractivity contribution in [1.82, 2.24) is 19.7 Å². The average molecular weight is 330 g/mol. The lowest BCUT2D eigenvalue weighted by Crippen LogP contribution is -2.36. The van der Waals surface area contributed by atoms with Crippen LogP contribution in [0, 0.1) is 0 Å². The third-order valence-corrected chi connectivity index (χ3v) is 4.54. The molecule has 0 saturated carbocycles. The molecule has 1 fully saturated rings. The first kappa shape index (κ1) is 16.9. The molecule has 0 N–H and O–H groups in total. The fourth-order valence-corrected chi connectivity index (χ4v) is 3.08. The predicted octanol–water partition coefficient (Wildman–Crippen LogP) is 1.23. The zero-order valence-corrected chi connectivity index (χ0v) is 14.0. The number of rotatable bonds is 4. The topological polar surface area (TPSA) is 94.4 Å². The van der Waals surface area contributed by atoms with Crippen LogP contribution in [0.2, 0.25) is 0 Å². The molecular weight excluding hydrogens is 308 g/mol. The van der Waals surface area contributed by atoms with E-state index in [1.807, 2.05) is 13.8 Å². The molecule has 8 nitrogen and oxygen atoms in total. The smallest absolute Gasteiger partial charge is 0.347 e. The molecule has 1 atom stereocenters. The first-order chi connectivity index (χ1) is 10.4. The summed E-state index contributed by atoms with van der Waals surface area (Å²) in [5.41, 5.74) is 0. The van der Waals surface area contributed by atoms with Gasteiger partial charge in [-0.25, -0.2) is 13.2 Å². The molecule has 2 rings (SSSR count). The van der Waals surface area contributed by atoms with Crippen molar-refractivity contribution in [2.75, 3.05) is 26.0 Å². The lowest BCUT2D eigenvalue weighted by atomic mass is 10.1. The van der Waals surface area contributed by atoms with Crippen LogP contribution in [0.15, 0.2) is 5.16 Å². The summed E-state index contributed by atoms with van der Waals surface area (Å²) in [7, 11) is -3.66.